The van der Waals surface area contributed by atoms with E-state index in [1.165, 1.54) is 12.3 Å². The van der Waals surface area contributed by atoms with Gasteiger partial charge in [0, 0.05) is 26.2 Å². The molecular formula is C16H16ClF3N2O. The molecule has 1 N–H and O–H groups in total. The molecule has 7 heteroatoms. The van der Waals surface area contributed by atoms with E-state index in [4.69, 9.17) is 16.0 Å². The van der Waals surface area contributed by atoms with Crippen LogP contribution in [0.3, 0.4) is 0 Å². The zero-order chi connectivity index (χ0) is 16.4. The van der Waals surface area contributed by atoms with Crippen LogP contribution in [0.15, 0.2) is 41.0 Å². The van der Waals surface area contributed by atoms with Crippen molar-refractivity contribution in [3.05, 3.63) is 58.5 Å². The first-order chi connectivity index (χ1) is 11.0. The van der Waals surface area contributed by atoms with Crippen LogP contribution in [0.5, 0.6) is 0 Å². The number of hydrogen-bond acceptors (Lipinski definition) is 3. The maximum atomic E-state index is 13.1. The van der Waals surface area contributed by atoms with Crippen LogP contribution in [0.2, 0.25) is 5.02 Å². The molecule has 1 fully saturated rings. The van der Waals surface area contributed by atoms with Crippen molar-refractivity contribution >= 4 is 11.6 Å². The van der Waals surface area contributed by atoms with Gasteiger partial charge in [-0.2, -0.15) is 13.2 Å². The SMILES string of the molecule is FC(F)(F)c1cc([C@H](c2ccco2)N2CCNCC2)ccc1Cl. The molecule has 1 atom stereocenters. The monoisotopic (exact) mass is 344 g/mol. The molecule has 0 amide bonds. The molecule has 0 aliphatic carbocycles. The van der Waals surface area contributed by atoms with Gasteiger partial charge in [0.2, 0.25) is 0 Å². The van der Waals surface area contributed by atoms with Gasteiger partial charge in [-0.3, -0.25) is 4.90 Å². The highest BCUT2D eigenvalue weighted by molar-refractivity contribution is 6.31. The van der Waals surface area contributed by atoms with Crippen molar-refractivity contribution < 1.29 is 17.6 Å². The maximum absolute atomic E-state index is 13.1. The minimum Gasteiger partial charge on any atom is -0.467 e. The van der Waals surface area contributed by atoms with Gasteiger partial charge in [0.05, 0.1) is 22.9 Å². The van der Waals surface area contributed by atoms with Crippen molar-refractivity contribution in [1.29, 1.82) is 0 Å². The van der Waals surface area contributed by atoms with E-state index >= 15 is 0 Å². The van der Waals surface area contributed by atoms with Gasteiger partial charge < -0.3 is 9.73 Å². The first kappa shape index (κ1) is 16.4. The summed E-state index contributed by atoms with van der Waals surface area (Å²) >= 11 is 5.73. The zero-order valence-electron chi connectivity index (χ0n) is 12.2. The molecule has 124 valence electrons. The lowest BCUT2D eigenvalue weighted by Gasteiger charge is -2.34. The lowest BCUT2D eigenvalue weighted by Crippen LogP contribution is -2.45. The molecule has 1 saturated heterocycles. The number of rotatable bonds is 3. The van der Waals surface area contributed by atoms with E-state index < -0.39 is 11.7 Å². The number of furan rings is 1. The molecule has 1 aliphatic rings. The van der Waals surface area contributed by atoms with Crippen LogP contribution in [-0.2, 0) is 6.18 Å². The first-order valence-electron chi connectivity index (χ1n) is 7.31. The van der Waals surface area contributed by atoms with Crippen LogP contribution < -0.4 is 5.32 Å². The Morgan fingerprint density at radius 3 is 2.52 bits per heavy atom. The average Bonchev–Trinajstić information content (AvgIpc) is 3.03. The molecule has 2 aromatic rings. The summed E-state index contributed by atoms with van der Waals surface area (Å²) in [7, 11) is 0. The molecule has 1 aliphatic heterocycles. The average molecular weight is 345 g/mol. The van der Waals surface area contributed by atoms with E-state index in [1.807, 2.05) is 0 Å². The number of nitrogens with one attached hydrogen (secondary N) is 1. The maximum Gasteiger partial charge on any atom is 0.417 e. The lowest BCUT2D eigenvalue weighted by atomic mass is 9.99. The molecule has 2 heterocycles. The van der Waals surface area contributed by atoms with E-state index in [1.54, 1.807) is 18.2 Å². The third kappa shape index (κ3) is 3.54. The molecule has 0 saturated carbocycles. The Labute approximate surface area is 137 Å². The minimum atomic E-state index is -4.48. The van der Waals surface area contributed by atoms with Crippen molar-refractivity contribution in [2.24, 2.45) is 0 Å². The fourth-order valence-electron chi connectivity index (χ4n) is 2.87. The highest BCUT2D eigenvalue weighted by Crippen LogP contribution is 2.38. The summed E-state index contributed by atoms with van der Waals surface area (Å²) in [6.07, 6.45) is -2.95. The van der Waals surface area contributed by atoms with Gasteiger partial charge in [-0.05, 0) is 29.8 Å². The summed E-state index contributed by atoms with van der Waals surface area (Å²) in [6.45, 7) is 3.04. The molecule has 0 spiro atoms. The Morgan fingerprint density at radius 1 is 1.17 bits per heavy atom. The summed E-state index contributed by atoms with van der Waals surface area (Å²) in [4.78, 5) is 2.11. The molecule has 1 aromatic heterocycles. The summed E-state index contributed by atoms with van der Waals surface area (Å²) in [5.41, 5.74) is -0.290. The Hall–Kier alpha value is -1.50. The minimum absolute atomic E-state index is 0.292. The van der Waals surface area contributed by atoms with Crippen LogP contribution in [0, 0.1) is 0 Å². The smallest absolute Gasteiger partial charge is 0.417 e. The normalized spacial score (nSPS) is 18.1. The Balaban J connectivity index is 2.03. The highest BCUT2D eigenvalue weighted by Gasteiger charge is 2.35. The van der Waals surface area contributed by atoms with Gasteiger partial charge >= 0.3 is 6.18 Å². The largest absolute Gasteiger partial charge is 0.467 e. The van der Waals surface area contributed by atoms with Gasteiger partial charge in [0.25, 0.3) is 0 Å². The third-order valence-electron chi connectivity index (χ3n) is 3.94. The fraction of sp³-hybridized carbons (Fsp3) is 0.375. The van der Waals surface area contributed by atoms with Gasteiger partial charge in [-0.15, -0.1) is 0 Å². The Morgan fingerprint density at radius 2 is 1.91 bits per heavy atom. The van der Waals surface area contributed by atoms with Crippen molar-refractivity contribution in [3.63, 3.8) is 0 Å². The molecule has 1 aromatic carbocycles. The van der Waals surface area contributed by atoms with Crippen LogP contribution in [0.25, 0.3) is 0 Å². The van der Waals surface area contributed by atoms with Gasteiger partial charge in [-0.25, -0.2) is 0 Å². The summed E-state index contributed by atoms with van der Waals surface area (Å²) < 4.78 is 44.9. The molecule has 0 radical (unpaired) electrons. The second kappa shape index (κ2) is 6.55. The molecule has 0 bridgehead atoms. The van der Waals surface area contributed by atoms with Crippen LogP contribution in [0.4, 0.5) is 13.2 Å². The number of nitrogens with zero attached hydrogens (tertiary/aromatic N) is 1. The van der Waals surface area contributed by atoms with Gasteiger partial charge in [-0.1, -0.05) is 17.7 Å². The summed E-state index contributed by atoms with van der Waals surface area (Å²) in [5, 5.41) is 2.95. The second-order valence-corrected chi connectivity index (χ2v) is 5.85. The number of alkyl halides is 3. The van der Waals surface area contributed by atoms with Crippen molar-refractivity contribution in [2.75, 3.05) is 26.2 Å². The van der Waals surface area contributed by atoms with E-state index in [0.717, 1.165) is 32.2 Å². The topological polar surface area (TPSA) is 28.4 Å². The quantitative estimate of drug-likeness (QED) is 0.914. The predicted octanol–water partition coefficient (Wildman–Crippen LogP) is 3.95. The van der Waals surface area contributed by atoms with Crippen LogP contribution in [0.1, 0.15) is 22.9 Å². The third-order valence-corrected chi connectivity index (χ3v) is 4.27. The lowest BCUT2D eigenvalue weighted by molar-refractivity contribution is -0.137. The number of halogens is 4. The van der Waals surface area contributed by atoms with Crippen molar-refractivity contribution in [1.82, 2.24) is 10.2 Å². The Kier molecular flexibility index (Phi) is 4.66. The van der Waals surface area contributed by atoms with Gasteiger partial charge in [0.1, 0.15) is 5.76 Å². The highest BCUT2D eigenvalue weighted by atomic mass is 35.5. The second-order valence-electron chi connectivity index (χ2n) is 5.44. The number of benzene rings is 1. The first-order valence-corrected chi connectivity index (χ1v) is 7.69. The Bertz CT molecular complexity index is 652. The summed E-state index contributed by atoms with van der Waals surface area (Å²) in [5.74, 6) is 0.627. The van der Waals surface area contributed by atoms with Crippen molar-refractivity contribution in [3.8, 4) is 0 Å². The molecule has 3 rings (SSSR count). The van der Waals surface area contributed by atoms with E-state index in [-0.39, 0.29) is 11.1 Å². The molecular weight excluding hydrogens is 329 g/mol. The number of piperazine rings is 1. The van der Waals surface area contributed by atoms with Gasteiger partial charge in [0.15, 0.2) is 0 Å². The molecule has 3 nitrogen and oxygen atoms in total. The molecule has 0 unspecified atom stereocenters. The van der Waals surface area contributed by atoms with Crippen molar-refractivity contribution in [2.45, 2.75) is 12.2 Å². The summed E-state index contributed by atoms with van der Waals surface area (Å²) in [6, 6.07) is 7.23. The standard InChI is InChI=1S/C16H16ClF3N2O/c17-13-4-3-11(10-12(13)16(18,19)20)15(14-2-1-9-23-14)22-7-5-21-6-8-22/h1-4,9-10,15,21H,5-8H2/t15-/m1/s1. The molecule has 23 heavy (non-hydrogen) atoms. The van der Waals surface area contributed by atoms with E-state index in [9.17, 15) is 13.2 Å². The predicted molar refractivity (Wildman–Crippen MR) is 81.4 cm³/mol. The van der Waals surface area contributed by atoms with Crippen LogP contribution >= 0.6 is 11.6 Å². The number of hydrogen-bond donors (Lipinski definition) is 1. The van der Waals surface area contributed by atoms with E-state index in [0.29, 0.717) is 11.3 Å². The zero-order valence-corrected chi connectivity index (χ0v) is 13.0. The van der Waals surface area contributed by atoms with Crippen LogP contribution in [-0.4, -0.2) is 31.1 Å². The van der Waals surface area contributed by atoms with E-state index in [2.05, 4.69) is 10.2 Å². The fourth-order valence-corrected chi connectivity index (χ4v) is 3.10.